The van der Waals surface area contributed by atoms with E-state index in [-0.39, 0.29) is 22.1 Å². The number of phenolic OH excluding ortho intramolecular Hbond substituents is 1. The maximum absolute atomic E-state index is 13.2. The number of phenols is 1. The summed E-state index contributed by atoms with van der Waals surface area (Å²) in [4.78, 5) is 27.6. The normalized spacial score (nSPS) is 17.5. The highest BCUT2D eigenvalue weighted by atomic mass is 79.9. The highest BCUT2D eigenvalue weighted by molar-refractivity contribution is 9.10. The zero-order valence-electron chi connectivity index (χ0n) is 17.1. The van der Waals surface area contributed by atoms with Crippen LogP contribution < -0.4 is 9.64 Å². The summed E-state index contributed by atoms with van der Waals surface area (Å²) in [5.74, 6) is -1.65. The zero-order valence-corrected chi connectivity index (χ0v) is 20.1. The van der Waals surface area contributed by atoms with Crippen molar-refractivity contribution in [1.82, 2.24) is 0 Å². The number of ketones is 1. The Hall–Kier alpha value is -3.00. The third-order valence-electron chi connectivity index (χ3n) is 5.26. The number of aliphatic hydroxyl groups is 1. The fourth-order valence-corrected chi connectivity index (χ4v) is 4.53. The maximum Gasteiger partial charge on any atom is 0.300 e. The van der Waals surface area contributed by atoms with Gasteiger partial charge >= 0.3 is 0 Å². The number of Topliss-reactive ketones (excluding diaryl/α,β-unsaturated/α-hetero) is 1. The van der Waals surface area contributed by atoms with Gasteiger partial charge in [0.1, 0.15) is 17.3 Å². The Bertz CT molecular complexity index is 1310. The number of aliphatic hydroxyl groups excluding tert-OH is 1. The van der Waals surface area contributed by atoms with Crippen LogP contribution in [0.1, 0.15) is 17.2 Å². The van der Waals surface area contributed by atoms with Crippen molar-refractivity contribution in [2.45, 2.75) is 6.04 Å². The Balaban J connectivity index is 1.95. The second-order valence-electron chi connectivity index (χ2n) is 7.21. The predicted molar refractivity (Wildman–Crippen MR) is 130 cm³/mol. The van der Waals surface area contributed by atoms with Crippen molar-refractivity contribution in [3.63, 3.8) is 0 Å². The van der Waals surface area contributed by atoms with Crippen LogP contribution in [0.3, 0.4) is 0 Å². The van der Waals surface area contributed by atoms with E-state index < -0.39 is 17.7 Å². The van der Waals surface area contributed by atoms with Gasteiger partial charge in [0.25, 0.3) is 11.7 Å². The summed E-state index contributed by atoms with van der Waals surface area (Å²) in [6.45, 7) is 0. The number of anilines is 1. The van der Waals surface area contributed by atoms with Crippen molar-refractivity contribution < 1.29 is 24.5 Å². The molecular formula is C24H16BrCl2NO5. The molecule has 1 aliphatic heterocycles. The van der Waals surface area contributed by atoms with Crippen LogP contribution in [0.4, 0.5) is 5.69 Å². The van der Waals surface area contributed by atoms with Crippen molar-refractivity contribution >= 4 is 62.3 Å². The number of carbonyl (C=O) groups is 2. The predicted octanol–water partition coefficient (Wildman–Crippen LogP) is 6.10. The highest BCUT2D eigenvalue weighted by Gasteiger charge is 2.47. The smallest absolute Gasteiger partial charge is 0.300 e. The third kappa shape index (κ3) is 4.19. The number of halogens is 3. The van der Waals surface area contributed by atoms with Crippen LogP contribution in [0.5, 0.6) is 11.5 Å². The van der Waals surface area contributed by atoms with Gasteiger partial charge in [-0.15, -0.1) is 0 Å². The first-order valence-electron chi connectivity index (χ1n) is 9.61. The van der Waals surface area contributed by atoms with Crippen LogP contribution in [0.25, 0.3) is 5.76 Å². The molecule has 0 bridgehead atoms. The number of nitrogens with zero attached hydrogens (tertiary/aromatic N) is 1. The van der Waals surface area contributed by atoms with Gasteiger partial charge in [-0.25, -0.2) is 0 Å². The standard InChI is InChI=1S/C24H16BrCl2NO5/c1-33-19-9-3-13(10-16(19)25)22(30)20-21(12-2-8-18(29)17(27)11-12)28(24(32)23(20)31)15-6-4-14(26)5-7-15/h2-11,21,29-30H,1H3/b22-20-. The molecule has 9 heteroatoms. The highest BCUT2D eigenvalue weighted by Crippen LogP contribution is 2.44. The molecule has 1 amide bonds. The summed E-state index contributed by atoms with van der Waals surface area (Å²) >= 11 is 15.5. The Morgan fingerprint density at radius 1 is 1.03 bits per heavy atom. The monoisotopic (exact) mass is 547 g/mol. The topological polar surface area (TPSA) is 87.1 Å². The molecule has 1 saturated heterocycles. The Kier molecular flexibility index (Phi) is 6.38. The van der Waals surface area contributed by atoms with Crippen LogP contribution in [-0.2, 0) is 9.59 Å². The average molecular weight is 549 g/mol. The average Bonchev–Trinajstić information content (AvgIpc) is 3.06. The van der Waals surface area contributed by atoms with Gasteiger partial charge in [0, 0.05) is 16.3 Å². The molecule has 0 aliphatic carbocycles. The maximum atomic E-state index is 13.2. The molecule has 168 valence electrons. The van der Waals surface area contributed by atoms with Crippen molar-refractivity contribution in [1.29, 1.82) is 0 Å². The zero-order chi connectivity index (χ0) is 23.9. The molecule has 1 fully saturated rings. The molecule has 1 heterocycles. The second-order valence-corrected chi connectivity index (χ2v) is 8.90. The van der Waals surface area contributed by atoms with Crippen LogP contribution in [0, 0.1) is 0 Å². The second kappa shape index (κ2) is 9.09. The van der Waals surface area contributed by atoms with Gasteiger partial charge in [-0.05, 0) is 76.1 Å². The summed E-state index contributed by atoms with van der Waals surface area (Å²) in [7, 11) is 1.51. The molecule has 2 N–H and O–H groups in total. The molecule has 0 radical (unpaired) electrons. The fourth-order valence-electron chi connectivity index (χ4n) is 3.68. The van der Waals surface area contributed by atoms with Gasteiger partial charge in [-0.2, -0.15) is 0 Å². The Morgan fingerprint density at radius 3 is 2.33 bits per heavy atom. The molecule has 3 aromatic rings. The van der Waals surface area contributed by atoms with Gasteiger partial charge < -0.3 is 14.9 Å². The van der Waals surface area contributed by atoms with E-state index in [1.54, 1.807) is 42.5 Å². The minimum absolute atomic E-state index is 0.0429. The van der Waals surface area contributed by atoms with Gasteiger partial charge in [0.05, 0.1) is 28.2 Å². The summed E-state index contributed by atoms with van der Waals surface area (Å²) in [6, 6.07) is 14.6. The fraction of sp³-hybridized carbons (Fsp3) is 0.0833. The van der Waals surface area contributed by atoms with Crippen LogP contribution in [-0.4, -0.2) is 29.0 Å². The molecule has 0 aromatic heterocycles. The van der Waals surface area contributed by atoms with Crippen molar-refractivity contribution in [2.75, 3.05) is 12.0 Å². The lowest BCUT2D eigenvalue weighted by molar-refractivity contribution is -0.132. The lowest BCUT2D eigenvalue weighted by Crippen LogP contribution is -2.29. The Labute approximate surface area is 207 Å². The number of methoxy groups -OCH3 is 1. The van der Waals surface area contributed by atoms with E-state index in [2.05, 4.69) is 15.9 Å². The lowest BCUT2D eigenvalue weighted by atomic mass is 9.95. The number of rotatable bonds is 4. The minimum Gasteiger partial charge on any atom is -0.507 e. The van der Waals surface area contributed by atoms with Crippen molar-refractivity contribution in [3.8, 4) is 11.5 Å². The number of hydrogen-bond acceptors (Lipinski definition) is 5. The van der Waals surface area contributed by atoms with Crippen molar-refractivity contribution in [2.24, 2.45) is 0 Å². The largest absolute Gasteiger partial charge is 0.507 e. The molecule has 3 aromatic carbocycles. The lowest BCUT2D eigenvalue weighted by Gasteiger charge is -2.25. The first-order chi connectivity index (χ1) is 15.7. The van der Waals surface area contributed by atoms with Gasteiger partial charge in [0.15, 0.2) is 0 Å². The summed E-state index contributed by atoms with van der Waals surface area (Å²) in [6.07, 6.45) is 0. The van der Waals surface area contributed by atoms with E-state index in [4.69, 9.17) is 27.9 Å². The van der Waals surface area contributed by atoms with E-state index in [0.717, 1.165) is 0 Å². The molecule has 33 heavy (non-hydrogen) atoms. The number of aromatic hydroxyl groups is 1. The third-order valence-corrected chi connectivity index (χ3v) is 6.44. The van der Waals surface area contributed by atoms with Gasteiger partial charge in [-0.3, -0.25) is 14.5 Å². The first kappa shape index (κ1) is 23.2. The van der Waals surface area contributed by atoms with Crippen molar-refractivity contribution in [3.05, 3.63) is 91.9 Å². The molecule has 6 nitrogen and oxygen atoms in total. The number of carbonyl (C=O) groups excluding carboxylic acids is 2. The molecule has 0 saturated carbocycles. The number of amides is 1. The minimum atomic E-state index is -0.995. The number of benzene rings is 3. The van der Waals surface area contributed by atoms with Gasteiger partial charge in [-0.1, -0.05) is 29.3 Å². The Morgan fingerprint density at radius 2 is 1.73 bits per heavy atom. The SMILES string of the molecule is COc1ccc(/C(O)=C2/C(=O)C(=O)N(c3ccc(Cl)cc3)C2c2ccc(O)c(Cl)c2)cc1Br. The quantitative estimate of drug-likeness (QED) is 0.234. The molecule has 1 unspecified atom stereocenters. The summed E-state index contributed by atoms with van der Waals surface area (Å²) in [5, 5.41) is 21.5. The molecule has 1 atom stereocenters. The van der Waals surface area contributed by atoms with E-state index in [9.17, 15) is 19.8 Å². The van der Waals surface area contributed by atoms with Crippen LogP contribution in [0.15, 0.2) is 70.7 Å². The van der Waals surface area contributed by atoms with Crippen LogP contribution >= 0.6 is 39.1 Å². The van der Waals surface area contributed by atoms with E-state index in [1.807, 2.05) is 0 Å². The summed E-state index contributed by atoms with van der Waals surface area (Å²) in [5.41, 5.74) is 1.03. The van der Waals surface area contributed by atoms with Crippen LogP contribution in [0.2, 0.25) is 10.0 Å². The molecule has 0 spiro atoms. The van der Waals surface area contributed by atoms with Gasteiger partial charge in [0.2, 0.25) is 0 Å². The van der Waals surface area contributed by atoms with E-state index in [0.29, 0.717) is 32.1 Å². The molecular weight excluding hydrogens is 533 g/mol. The number of ether oxygens (including phenoxy) is 1. The summed E-state index contributed by atoms with van der Waals surface area (Å²) < 4.78 is 5.78. The molecule has 4 rings (SSSR count). The first-order valence-corrected chi connectivity index (χ1v) is 11.2. The van der Waals surface area contributed by atoms with E-state index >= 15 is 0 Å². The number of hydrogen-bond donors (Lipinski definition) is 2. The molecule has 1 aliphatic rings. The van der Waals surface area contributed by atoms with E-state index in [1.165, 1.54) is 30.2 Å².